The van der Waals surface area contributed by atoms with Gasteiger partial charge in [0, 0.05) is 12.2 Å². The molecular weight excluding hydrogens is 496 g/mol. The van der Waals surface area contributed by atoms with Crippen LogP contribution < -0.4 is 4.90 Å². The maximum absolute atomic E-state index is 14.7. The highest BCUT2D eigenvalue weighted by Gasteiger charge is 2.75. The summed E-state index contributed by atoms with van der Waals surface area (Å²) in [6.45, 7) is 9.71. The van der Waals surface area contributed by atoms with Gasteiger partial charge in [-0.25, -0.2) is 0 Å². The number of nitrogens with zero attached hydrogens (tertiary/aromatic N) is 2. The number of ether oxygens (including phenoxy) is 2. The third-order valence-electron chi connectivity index (χ3n) is 9.00. The molecule has 2 aromatic rings. The van der Waals surface area contributed by atoms with E-state index in [-0.39, 0.29) is 37.5 Å². The third-order valence-corrected chi connectivity index (χ3v) is 9.00. The van der Waals surface area contributed by atoms with Gasteiger partial charge in [-0.1, -0.05) is 56.7 Å². The maximum atomic E-state index is 14.7. The molecule has 3 aliphatic rings. The van der Waals surface area contributed by atoms with Crippen LogP contribution >= 0.6 is 0 Å². The molecule has 2 aromatic carbocycles. The van der Waals surface area contributed by atoms with E-state index in [1.54, 1.807) is 22.8 Å². The van der Waals surface area contributed by atoms with Crippen LogP contribution in [0.15, 0.2) is 55.1 Å². The van der Waals surface area contributed by atoms with Gasteiger partial charge in [0.25, 0.3) is 5.91 Å². The van der Waals surface area contributed by atoms with Crippen LogP contribution in [0, 0.1) is 17.8 Å². The second-order valence-corrected chi connectivity index (χ2v) is 11.0. The highest BCUT2D eigenvalue weighted by molar-refractivity contribution is 6.05. The molecule has 208 valence electrons. The third kappa shape index (κ3) is 4.25. The van der Waals surface area contributed by atoms with Crippen molar-refractivity contribution in [3.05, 3.63) is 55.1 Å². The molecule has 2 bridgehead atoms. The summed E-state index contributed by atoms with van der Waals surface area (Å²) in [6, 6.07) is 12.2. The smallest absolute Gasteiger partial charge is 0.312 e. The molecular formula is C31H38N2O6. The predicted molar refractivity (Wildman–Crippen MR) is 148 cm³/mol. The van der Waals surface area contributed by atoms with Crippen molar-refractivity contribution in [2.75, 3.05) is 24.7 Å². The number of amides is 2. The van der Waals surface area contributed by atoms with Gasteiger partial charge in [-0.05, 0) is 48.6 Å². The number of benzene rings is 2. The quantitative estimate of drug-likeness (QED) is 0.369. The molecule has 0 aliphatic carbocycles. The molecule has 39 heavy (non-hydrogen) atoms. The molecule has 3 fully saturated rings. The summed E-state index contributed by atoms with van der Waals surface area (Å²) in [7, 11) is 0. The van der Waals surface area contributed by atoms with E-state index >= 15 is 0 Å². The van der Waals surface area contributed by atoms with Crippen LogP contribution in [-0.2, 0) is 23.9 Å². The Morgan fingerprint density at radius 2 is 2.00 bits per heavy atom. The van der Waals surface area contributed by atoms with Crippen LogP contribution in [0.3, 0.4) is 0 Å². The Balaban J connectivity index is 1.62. The molecule has 2 amide bonds. The van der Waals surface area contributed by atoms with Crippen molar-refractivity contribution >= 4 is 34.2 Å². The first-order chi connectivity index (χ1) is 18.8. The number of hydrogen-bond donors (Lipinski definition) is 1. The monoisotopic (exact) mass is 534 g/mol. The van der Waals surface area contributed by atoms with Crippen LogP contribution in [0.2, 0.25) is 0 Å². The molecule has 3 saturated heterocycles. The van der Waals surface area contributed by atoms with Crippen LogP contribution in [0.25, 0.3) is 10.8 Å². The molecule has 8 nitrogen and oxygen atoms in total. The molecule has 2 unspecified atom stereocenters. The van der Waals surface area contributed by atoms with Gasteiger partial charge in [0.2, 0.25) is 5.91 Å². The zero-order valence-corrected chi connectivity index (χ0v) is 22.9. The fourth-order valence-electron chi connectivity index (χ4n) is 6.99. The molecule has 1 N–H and O–H groups in total. The Labute approximate surface area is 229 Å². The number of aliphatic hydroxyl groups is 1. The Hall–Kier alpha value is -3.23. The van der Waals surface area contributed by atoms with Gasteiger partial charge in [0.05, 0.1) is 37.2 Å². The van der Waals surface area contributed by atoms with Crippen LogP contribution in [0.4, 0.5) is 5.69 Å². The number of fused-ring (bicyclic) bond motifs is 2. The topological polar surface area (TPSA) is 96.4 Å². The van der Waals surface area contributed by atoms with Gasteiger partial charge >= 0.3 is 5.97 Å². The van der Waals surface area contributed by atoms with Gasteiger partial charge in [-0.15, -0.1) is 6.58 Å². The van der Waals surface area contributed by atoms with E-state index in [1.807, 2.05) is 56.3 Å². The number of esters is 1. The lowest BCUT2D eigenvalue weighted by molar-refractivity contribution is -0.155. The summed E-state index contributed by atoms with van der Waals surface area (Å²) in [4.78, 5) is 45.2. The summed E-state index contributed by atoms with van der Waals surface area (Å²) in [5, 5.41) is 12.5. The summed E-state index contributed by atoms with van der Waals surface area (Å²) >= 11 is 0. The Morgan fingerprint density at radius 3 is 2.67 bits per heavy atom. The zero-order chi connectivity index (χ0) is 27.9. The first-order valence-corrected chi connectivity index (χ1v) is 14.0. The van der Waals surface area contributed by atoms with E-state index in [2.05, 4.69) is 6.58 Å². The SMILES string of the molecule is C=CCN(C(=O)C1N([C@@H](CO)[C@@H](C)CC)C(=O)[C@@H]2[C@@H](C(=O)OCC)[C@H]3CCC12O3)c1ccc2ccccc2c1. The van der Waals surface area contributed by atoms with Crippen molar-refractivity contribution in [3.8, 4) is 0 Å². The highest BCUT2D eigenvalue weighted by atomic mass is 16.6. The first kappa shape index (κ1) is 27.3. The number of rotatable bonds is 10. The number of aliphatic hydroxyl groups excluding tert-OH is 1. The summed E-state index contributed by atoms with van der Waals surface area (Å²) in [5.74, 6) is -2.74. The van der Waals surface area contributed by atoms with Crippen LogP contribution in [-0.4, -0.2) is 71.3 Å². The van der Waals surface area contributed by atoms with Gasteiger partial charge in [-0.2, -0.15) is 0 Å². The van der Waals surface area contributed by atoms with Gasteiger partial charge in [-0.3, -0.25) is 14.4 Å². The summed E-state index contributed by atoms with van der Waals surface area (Å²) < 4.78 is 11.9. The zero-order valence-electron chi connectivity index (χ0n) is 22.9. The minimum absolute atomic E-state index is 0.0729. The molecule has 0 aromatic heterocycles. The number of likely N-dealkylation sites (tertiary alicyclic amines) is 1. The van der Waals surface area contributed by atoms with Crippen molar-refractivity contribution in [3.63, 3.8) is 0 Å². The lowest BCUT2D eigenvalue weighted by Gasteiger charge is -2.41. The second-order valence-electron chi connectivity index (χ2n) is 11.0. The summed E-state index contributed by atoms with van der Waals surface area (Å²) in [6.07, 6.45) is 2.94. The average molecular weight is 535 g/mol. The largest absolute Gasteiger partial charge is 0.466 e. The Kier molecular flexibility index (Phi) is 7.53. The van der Waals surface area contributed by atoms with Gasteiger partial charge in [0.15, 0.2) is 0 Å². The molecule has 1 spiro atoms. The minimum Gasteiger partial charge on any atom is -0.466 e. The standard InChI is InChI=1S/C31H38N2O6/c1-5-16-32(22-13-12-20-10-8-9-11-21(20)17-22)29(36)27-31-15-14-24(39-31)25(30(37)38-7-3)26(31)28(35)33(27)23(18-34)19(4)6-2/h5,8-13,17,19,23-27,34H,1,6-7,14-16,18H2,2-4H3/t19-,23-,24+,25-,26-,27?,31?/m0/s1. The van der Waals surface area contributed by atoms with E-state index < -0.39 is 41.6 Å². The minimum atomic E-state index is -1.16. The van der Waals surface area contributed by atoms with Crippen molar-refractivity contribution in [2.45, 2.75) is 63.8 Å². The van der Waals surface area contributed by atoms with Crippen molar-refractivity contribution in [1.82, 2.24) is 4.90 Å². The molecule has 0 radical (unpaired) electrons. The molecule has 3 heterocycles. The molecule has 5 rings (SSSR count). The summed E-state index contributed by atoms with van der Waals surface area (Å²) in [5.41, 5.74) is -0.475. The fraction of sp³-hybridized carbons (Fsp3) is 0.516. The van der Waals surface area contributed by atoms with E-state index in [0.717, 1.165) is 10.8 Å². The highest BCUT2D eigenvalue weighted by Crippen LogP contribution is 2.59. The van der Waals surface area contributed by atoms with Crippen molar-refractivity contribution in [1.29, 1.82) is 0 Å². The van der Waals surface area contributed by atoms with Gasteiger partial charge in [0.1, 0.15) is 11.6 Å². The van der Waals surface area contributed by atoms with Crippen molar-refractivity contribution < 1.29 is 29.0 Å². The normalized spacial score (nSPS) is 28.8. The van der Waals surface area contributed by atoms with Crippen molar-refractivity contribution in [2.24, 2.45) is 17.8 Å². The fourth-order valence-corrected chi connectivity index (χ4v) is 6.99. The number of anilines is 1. The lowest BCUT2D eigenvalue weighted by atomic mass is 9.70. The molecule has 8 heteroatoms. The first-order valence-electron chi connectivity index (χ1n) is 14.0. The Bertz CT molecular complexity index is 1280. The Morgan fingerprint density at radius 1 is 1.26 bits per heavy atom. The van der Waals surface area contributed by atoms with E-state index in [1.165, 1.54) is 0 Å². The second kappa shape index (κ2) is 10.7. The number of hydrogen-bond acceptors (Lipinski definition) is 6. The van der Waals surface area contributed by atoms with Crippen LogP contribution in [0.1, 0.15) is 40.0 Å². The lowest BCUT2D eigenvalue weighted by Crippen LogP contribution is -2.60. The van der Waals surface area contributed by atoms with E-state index in [4.69, 9.17) is 9.47 Å². The molecule has 0 saturated carbocycles. The number of carbonyl (C=O) groups is 3. The van der Waals surface area contributed by atoms with Gasteiger partial charge < -0.3 is 24.4 Å². The predicted octanol–water partition coefficient (Wildman–Crippen LogP) is 3.70. The molecule has 3 aliphatic heterocycles. The van der Waals surface area contributed by atoms with E-state index in [0.29, 0.717) is 24.9 Å². The van der Waals surface area contributed by atoms with Crippen LogP contribution in [0.5, 0.6) is 0 Å². The molecule has 7 atom stereocenters. The maximum Gasteiger partial charge on any atom is 0.312 e. The number of carbonyl (C=O) groups excluding carboxylic acids is 3. The van der Waals surface area contributed by atoms with E-state index in [9.17, 15) is 19.5 Å². The average Bonchev–Trinajstić information content (AvgIpc) is 3.59.